The molecule has 1 aliphatic rings. The highest BCUT2D eigenvalue weighted by atomic mass is 32.2. The van der Waals surface area contributed by atoms with Crippen LogP contribution in [0.2, 0.25) is 0 Å². The molecule has 2 nitrogen and oxygen atoms in total. The lowest BCUT2D eigenvalue weighted by molar-refractivity contribution is 0.472. The van der Waals surface area contributed by atoms with Crippen LogP contribution < -0.4 is 5.32 Å². The number of hydrogen-bond donors (Lipinski definition) is 1. The third kappa shape index (κ3) is 3.11. The molecule has 4 heteroatoms. The molecule has 0 amide bonds. The molecule has 0 saturated heterocycles. The zero-order valence-corrected chi connectivity index (χ0v) is 10.3. The van der Waals surface area contributed by atoms with Crippen LogP contribution in [0.4, 0.5) is 10.2 Å². The maximum Gasteiger partial charge on any atom is 0.141 e. The fourth-order valence-electron chi connectivity index (χ4n) is 2.16. The Balaban J connectivity index is 1.91. The van der Waals surface area contributed by atoms with Crippen LogP contribution in [0.25, 0.3) is 0 Å². The quantitative estimate of drug-likeness (QED) is 0.877. The van der Waals surface area contributed by atoms with E-state index in [-0.39, 0.29) is 5.82 Å². The normalized spacial score (nSPS) is 25.4. The molecule has 16 heavy (non-hydrogen) atoms. The largest absolute Gasteiger partial charge is 0.367 e. The van der Waals surface area contributed by atoms with Gasteiger partial charge in [-0.2, -0.15) is 11.8 Å². The summed E-state index contributed by atoms with van der Waals surface area (Å²) in [6, 6.07) is 3.64. The molecule has 2 rings (SSSR count). The molecule has 0 aliphatic heterocycles. The molecular weight excluding hydrogens is 223 g/mol. The standard InChI is InChI=1S/C12H17FN2S/c1-16-11-4-2-3-10(7-11)15-12-6-5-9(13)8-14-12/h5-6,8,10-11H,2-4,7H2,1H3,(H,14,15). The number of pyridine rings is 1. The van der Waals surface area contributed by atoms with Gasteiger partial charge in [0.05, 0.1) is 6.20 Å². The highest BCUT2D eigenvalue weighted by Crippen LogP contribution is 2.28. The van der Waals surface area contributed by atoms with E-state index in [0.717, 1.165) is 11.1 Å². The minimum Gasteiger partial charge on any atom is -0.367 e. The van der Waals surface area contributed by atoms with Crippen molar-refractivity contribution in [3.63, 3.8) is 0 Å². The Kier molecular flexibility index (Phi) is 4.04. The Morgan fingerprint density at radius 2 is 2.31 bits per heavy atom. The van der Waals surface area contributed by atoms with Gasteiger partial charge < -0.3 is 5.32 Å². The summed E-state index contributed by atoms with van der Waals surface area (Å²) in [5.41, 5.74) is 0. The first kappa shape index (κ1) is 11.7. The van der Waals surface area contributed by atoms with Gasteiger partial charge in [0.1, 0.15) is 11.6 Å². The number of rotatable bonds is 3. The van der Waals surface area contributed by atoms with Crippen LogP contribution in [0, 0.1) is 5.82 Å². The van der Waals surface area contributed by atoms with Crippen LogP contribution in [0.3, 0.4) is 0 Å². The van der Waals surface area contributed by atoms with E-state index in [1.165, 1.54) is 37.9 Å². The first-order valence-electron chi connectivity index (χ1n) is 5.69. The van der Waals surface area contributed by atoms with E-state index in [1.54, 1.807) is 6.07 Å². The molecule has 88 valence electrons. The summed E-state index contributed by atoms with van der Waals surface area (Å²) in [5.74, 6) is 0.504. The summed E-state index contributed by atoms with van der Waals surface area (Å²) in [6.45, 7) is 0. The molecule has 1 aliphatic carbocycles. The Hall–Kier alpha value is -0.770. The summed E-state index contributed by atoms with van der Waals surface area (Å²) in [5, 5.41) is 4.14. The SMILES string of the molecule is CSC1CCCC(Nc2ccc(F)cn2)C1. The van der Waals surface area contributed by atoms with Gasteiger partial charge in [0.15, 0.2) is 0 Å². The van der Waals surface area contributed by atoms with Crippen molar-refractivity contribution in [3.8, 4) is 0 Å². The van der Waals surface area contributed by atoms with Crippen molar-refractivity contribution in [1.29, 1.82) is 0 Å². The average Bonchev–Trinajstić information content (AvgIpc) is 2.32. The van der Waals surface area contributed by atoms with Crippen LogP contribution >= 0.6 is 11.8 Å². The topological polar surface area (TPSA) is 24.9 Å². The summed E-state index contributed by atoms with van der Waals surface area (Å²) >= 11 is 1.94. The third-order valence-corrected chi connectivity index (χ3v) is 4.13. The minimum atomic E-state index is -0.281. The van der Waals surface area contributed by atoms with Gasteiger partial charge in [-0.05, 0) is 37.7 Å². The Labute approximate surface area is 100 Å². The average molecular weight is 240 g/mol. The van der Waals surface area contributed by atoms with Gasteiger partial charge in [0, 0.05) is 11.3 Å². The van der Waals surface area contributed by atoms with Crippen LogP contribution in [0.15, 0.2) is 18.3 Å². The second-order valence-electron chi connectivity index (χ2n) is 4.23. The van der Waals surface area contributed by atoms with Gasteiger partial charge in [-0.3, -0.25) is 0 Å². The number of nitrogens with zero attached hydrogens (tertiary/aromatic N) is 1. The number of thioether (sulfide) groups is 1. The molecule has 2 unspecified atom stereocenters. The lowest BCUT2D eigenvalue weighted by Crippen LogP contribution is -2.28. The lowest BCUT2D eigenvalue weighted by Gasteiger charge is -2.28. The first-order valence-corrected chi connectivity index (χ1v) is 6.97. The van der Waals surface area contributed by atoms with E-state index in [9.17, 15) is 4.39 Å². The maximum absolute atomic E-state index is 12.7. The van der Waals surface area contributed by atoms with Crippen molar-refractivity contribution in [2.24, 2.45) is 0 Å². The van der Waals surface area contributed by atoms with Crippen molar-refractivity contribution in [1.82, 2.24) is 4.98 Å². The molecule has 1 aromatic rings. The predicted octanol–water partition coefficient (Wildman–Crippen LogP) is 3.31. The molecule has 1 fully saturated rings. The van der Waals surface area contributed by atoms with E-state index in [4.69, 9.17) is 0 Å². The first-order chi connectivity index (χ1) is 7.78. The Morgan fingerprint density at radius 1 is 1.44 bits per heavy atom. The minimum absolute atomic E-state index is 0.281. The summed E-state index contributed by atoms with van der Waals surface area (Å²) in [7, 11) is 0. The van der Waals surface area contributed by atoms with Gasteiger partial charge >= 0.3 is 0 Å². The maximum atomic E-state index is 12.7. The van der Waals surface area contributed by atoms with Crippen LogP contribution in [-0.4, -0.2) is 22.5 Å². The number of aromatic nitrogens is 1. The summed E-state index contributed by atoms with van der Waals surface area (Å²) < 4.78 is 12.7. The van der Waals surface area contributed by atoms with Gasteiger partial charge in [0.25, 0.3) is 0 Å². The van der Waals surface area contributed by atoms with Crippen LogP contribution in [-0.2, 0) is 0 Å². The number of anilines is 1. The van der Waals surface area contributed by atoms with Crippen molar-refractivity contribution in [2.75, 3.05) is 11.6 Å². The van der Waals surface area contributed by atoms with Crippen LogP contribution in [0.1, 0.15) is 25.7 Å². The molecular formula is C12H17FN2S. The van der Waals surface area contributed by atoms with E-state index >= 15 is 0 Å². The smallest absolute Gasteiger partial charge is 0.141 e. The number of halogens is 1. The monoisotopic (exact) mass is 240 g/mol. The number of nitrogens with one attached hydrogen (secondary N) is 1. The van der Waals surface area contributed by atoms with E-state index in [1.807, 2.05) is 11.8 Å². The molecule has 1 saturated carbocycles. The van der Waals surface area contributed by atoms with Crippen molar-refractivity contribution >= 4 is 17.6 Å². The van der Waals surface area contributed by atoms with Gasteiger partial charge in [-0.15, -0.1) is 0 Å². The fourth-order valence-corrected chi connectivity index (χ4v) is 2.99. The Bertz CT molecular complexity index is 328. The van der Waals surface area contributed by atoms with E-state index in [2.05, 4.69) is 16.6 Å². The molecule has 0 radical (unpaired) electrons. The molecule has 0 bridgehead atoms. The predicted molar refractivity (Wildman–Crippen MR) is 67.4 cm³/mol. The molecule has 2 atom stereocenters. The number of hydrogen-bond acceptors (Lipinski definition) is 3. The van der Waals surface area contributed by atoms with Gasteiger partial charge in [-0.25, -0.2) is 9.37 Å². The zero-order valence-electron chi connectivity index (χ0n) is 9.45. The van der Waals surface area contributed by atoms with Gasteiger partial charge in [0.2, 0.25) is 0 Å². The molecule has 0 spiro atoms. The van der Waals surface area contributed by atoms with Crippen molar-refractivity contribution in [3.05, 3.63) is 24.1 Å². The van der Waals surface area contributed by atoms with E-state index < -0.39 is 0 Å². The molecule has 1 N–H and O–H groups in total. The van der Waals surface area contributed by atoms with Gasteiger partial charge in [-0.1, -0.05) is 6.42 Å². The molecule has 1 heterocycles. The van der Waals surface area contributed by atoms with Crippen molar-refractivity contribution < 1.29 is 4.39 Å². The lowest BCUT2D eigenvalue weighted by atomic mass is 9.95. The summed E-state index contributed by atoms with van der Waals surface area (Å²) in [4.78, 5) is 4.03. The Morgan fingerprint density at radius 3 is 3.00 bits per heavy atom. The molecule has 1 aromatic heterocycles. The highest BCUT2D eigenvalue weighted by molar-refractivity contribution is 7.99. The molecule has 0 aromatic carbocycles. The zero-order chi connectivity index (χ0) is 11.4. The van der Waals surface area contributed by atoms with E-state index in [0.29, 0.717) is 6.04 Å². The second-order valence-corrected chi connectivity index (χ2v) is 5.37. The summed E-state index contributed by atoms with van der Waals surface area (Å²) in [6.07, 6.45) is 8.39. The highest BCUT2D eigenvalue weighted by Gasteiger charge is 2.21. The second kappa shape index (κ2) is 5.53. The van der Waals surface area contributed by atoms with Crippen molar-refractivity contribution in [2.45, 2.75) is 37.0 Å². The van der Waals surface area contributed by atoms with Crippen LogP contribution in [0.5, 0.6) is 0 Å². The third-order valence-electron chi connectivity index (χ3n) is 3.04. The fraction of sp³-hybridized carbons (Fsp3) is 0.583.